The number of unbranched alkanes of at least 4 members (excludes halogenated alkanes) is 13. The van der Waals surface area contributed by atoms with Crippen molar-refractivity contribution in [3.63, 3.8) is 0 Å². The lowest BCUT2D eigenvalue weighted by Gasteiger charge is -2.26. The van der Waals surface area contributed by atoms with E-state index >= 15 is 0 Å². The predicted molar refractivity (Wildman–Crippen MR) is 145 cm³/mol. The van der Waals surface area contributed by atoms with Gasteiger partial charge in [-0.05, 0) is 30.7 Å². The number of morpholine rings is 1. The summed E-state index contributed by atoms with van der Waals surface area (Å²) >= 11 is 0. The molecular weight excluding hydrogens is 438 g/mol. The molecule has 6 heteroatoms. The Morgan fingerprint density at radius 1 is 0.771 bits per heavy atom. The van der Waals surface area contributed by atoms with Crippen LogP contribution in [-0.2, 0) is 9.53 Å². The van der Waals surface area contributed by atoms with E-state index in [0.717, 1.165) is 18.7 Å². The van der Waals surface area contributed by atoms with Crippen molar-refractivity contribution in [3.8, 4) is 0 Å². The van der Waals surface area contributed by atoms with E-state index in [0.29, 0.717) is 31.9 Å². The van der Waals surface area contributed by atoms with Crippen molar-refractivity contribution in [1.29, 1.82) is 0 Å². The first-order chi connectivity index (χ1) is 17.2. The number of amides is 2. The Bertz CT molecular complexity index is 687. The maximum atomic E-state index is 12.5. The van der Waals surface area contributed by atoms with E-state index in [1.807, 2.05) is 29.2 Å². The number of hydrogen-bond acceptors (Lipinski definition) is 4. The van der Waals surface area contributed by atoms with Crippen molar-refractivity contribution in [1.82, 2.24) is 10.2 Å². The van der Waals surface area contributed by atoms with Crippen molar-refractivity contribution in [2.45, 2.75) is 96.8 Å². The normalized spacial score (nSPS) is 13.6. The highest BCUT2D eigenvalue weighted by Crippen LogP contribution is 2.14. The van der Waals surface area contributed by atoms with E-state index in [2.05, 4.69) is 17.6 Å². The minimum absolute atomic E-state index is 0.00756. The number of rotatable bonds is 19. The molecule has 1 fully saturated rings. The van der Waals surface area contributed by atoms with Gasteiger partial charge in [0.05, 0.1) is 19.8 Å². The number of carbonyl (C=O) groups excluding carboxylic acids is 2. The summed E-state index contributed by atoms with van der Waals surface area (Å²) < 4.78 is 5.30. The van der Waals surface area contributed by atoms with Crippen LogP contribution in [0.4, 0.5) is 5.69 Å². The summed E-state index contributed by atoms with van der Waals surface area (Å²) in [6.07, 6.45) is 18.7. The first-order valence-electron chi connectivity index (χ1n) is 14.2. The molecule has 0 atom stereocenters. The van der Waals surface area contributed by atoms with Gasteiger partial charge in [0, 0.05) is 30.9 Å². The van der Waals surface area contributed by atoms with Crippen LogP contribution in [0.1, 0.15) is 107 Å². The molecule has 0 aliphatic carbocycles. The second kappa shape index (κ2) is 19.1. The molecule has 1 aromatic rings. The number of nitrogens with one attached hydrogen (secondary N) is 2. The Morgan fingerprint density at radius 3 is 1.83 bits per heavy atom. The van der Waals surface area contributed by atoms with Crippen LogP contribution in [0.5, 0.6) is 0 Å². The average Bonchev–Trinajstić information content (AvgIpc) is 2.90. The number of benzene rings is 1. The summed E-state index contributed by atoms with van der Waals surface area (Å²) in [5, 5.41) is 6.13. The monoisotopic (exact) mass is 487 g/mol. The zero-order valence-electron chi connectivity index (χ0n) is 22.1. The molecule has 2 N–H and O–H groups in total. The molecule has 1 aromatic carbocycles. The topological polar surface area (TPSA) is 70.7 Å². The third kappa shape index (κ3) is 13.6. The van der Waals surface area contributed by atoms with Gasteiger partial charge in [-0.25, -0.2) is 0 Å². The first-order valence-corrected chi connectivity index (χ1v) is 14.2. The highest BCUT2D eigenvalue weighted by atomic mass is 16.5. The molecule has 0 spiro atoms. The van der Waals surface area contributed by atoms with Crippen LogP contribution in [0.2, 0.25) is 0 Å². The van der Waals surface area contributed by atoms with Gasteiger partial charge in [0.1, 0.15) is 0 Å². The van der Waals surface area contributed by atoms with Crippen molar-refractivity contribution in [3.05, 3.63) is 29.8 Å². The number of nitrogens with zero attached hydrogens (tertiary/aromatic N) is 1. The van der Waals surface area contributed by atoms with E-state index in [1.54, 1.807) is 0 Å². The van der Waals surface area contributed by atoms with E-state index in [-0.39, 0.29) is 18.4 Å². The summed E-state index contributed by atoms with van der Waals surface area (Å²) in [4.78, 5) is 26.4. The molecule has 0 radical (unpaired) electrons. The van der Waals surface area contributed by atoms with Gasteiger partial charge in [0.2, 0.25) is 5.91 Å². The van der Waals surface area contributed by atoms with E-state index in [4.69, 9.17) is 4.74 Å². The lowest BCUT2D eigenvalue weighted by atomic mass is 10.0. The van der Waals surface area contributed by atoms with Gasteiger partial charge in [-0.2, -0.15) is 0 Å². The molecule has 0 unspecified atom stereocenters. The van der Waals surface area contributed by atoms with E-state index in [9.17, 15) is 9.59 Å². The SMILES string of the molecule is CCCCCCCCCCCCCCCCNC(=O)CNc1ccc(C(=O)N2CCOCC2)cc1. The number of anilines is 1. The zero-order chi connectivity index (χ0) is 25.0. The zero-order valence-corrected chi connectivity index (χ0v) is 22.1. The second-order valence-corrected chi connectivity index (χ2v) is 9.78. The first kappa shape index (κ1) is 29.2. The van der Waals surface area contributed by atoms with Gasteiger partial charge in [-0.3, -0.25) is 9.59 Å². The van der Waals surface area contributed by atoms with Crippen molar-refractivity contribution < 1.29 is 14.3 Å². The van der Waals surface area contributed by atoms with Gasteiger partial charge < -0.3 is 20.3 Å². The molecule has 0 saturated carbocycles. The van der Waals surface area contributed by atoms with Gasteiger partial charge >= 0.3 is 0 Å². The maximum absolute atomic E-state index is 12.5. The van der Waals surface area contributed by atoms with E-state index < -0.39 is 0 Å². The number of ether oxygens (including phenoxy) is 1. The van der Waals surface area contributed by atoms with Gasteiger partial charge in [-0.15, -0.1) is 0 Å². The Labute approximate surface area is 213 Å². The third-order valence-corrected chi connectivity index (χ3v) is 6.74. The Kier molecular flexibility index (Phi) is 16.0. The van der Waals surface area contributed by atoms with Crippen molar-refractivity contribution in [2.24, 2.45) is 0 Å². The fourth-order valence-corrected chi connectivity index (χ4v) is 4.47. The minimum Gasteiger partial charge on any atom is -0.378 e. The number of hydrogen-bond donors (Lipinski definition) is 2. The lowest BCUT2D eigenvalue weighted by molar-refractivity contribution is -0.119. The Hall–Kier alpha value is -2.08. The average molecular weight is 488 g/mol. The van der Waals surface area contributed by atoms with Crippen LogP contribution in [0.25, 0.3) is 0 Å². The highest BCUT2D eigenvalue weighted by Gasteiger charge is 2.18. The fraction of sp³-hybridized carbons (Fsp3) is 0.724. The standard InChI is InChI=1S/C29H49N3O3/c1-2-3-4-5-6-7-8-9-10-11-12-13-14-15-20-30-28(33)25-31-27-18-16-26(17-19-27)29(34)32-21-23-35-24-22-32/h16-19,31H,2-15,20-25H2,1H3,(H,30,33). The highest BCUT2D eigenvalue weighted by molar-refractivity contribution is 5.94. The third-order valence-electron chi connectivity index (χ3n) is 6.74. The largest absolute Gasteiger partial charge is 0.378 e. The molecule has 1 saturated heterocycles. The van der Waals surface area contributed by atoms with Gasteiger partial charge in [-0.1, -0.05) is 90.4 Å². The Balaban J connectivity index is 1.40. The van der Waals surface area contributed by atoms with Gasteiger partial charge in [0.25, 0.3) is 5.91 Å². The number of carbonyl (C=O) groups is 2. The summed E-state index contributed by atoms with van der Waals surface area (Å²) in [6.45, 7) is 5.73. The van der Waals surface area contributed by atoms with Gasteiger partial charge in [0.15, 0.2) is 0 Å². The molecule has 0 aromatic heterocycles. The quantitative estimate of drug-likeness (QED) is 0.229. The molecule has 0 bridgehead atoms. The van der Waals surface area contributed by atoms with Crippen LogP contribution < -0.4 is 10.6 Å². The maximum Gasteiger partial charge on any atom is 0.254 e. The van der Waals surface area contributed by atoms with E-state index in [1.165, 1.54) is 83.5 Å². The molecule has 35 heavy (non-hydrogen) atoms. The van der Waals surface area contributed by atoms with Crippen LogP contribution in [0.3, 0.4) is 0 Å². The predicted octanol–water partition coefficient (Wildman–Crippen LogP) is 6.17. The van der Waals surface area contributed by atoms with Crippen LogP contribution in [0, 0.1) is 0 Å². The summed E-state index contributed by atoms with van der Waals surface area (Å²) in [7, 11) is 0. The second-order valence-electron chi connectivity index (χ2n) is 9.78. The van der Waals surface area contributed by atoms with Crippen LogP contribution >= 0.6 is 0 Å². The van der Waals surface area contributed by atoms with Crippen LogP contribution in [0.15, 0.2) is 24.3 Å². The minimum atomic E-state index is 0.00756. The molecule has 2 rings (SSSR count). The summed E-state index contributed by atoms with van der Waals surface area (Å²) in [5.74, 6) is 0.0407. The molecule has 1 heterocycles. The van der Waals surface area contributed by atoms with Crippen molar-refractivity contribution in [2.75, 3.05) is 44.7 Å². The van der Waals surface area contributed by atoms with Crippen LogP contribution in [-0.4, -0.2) is 56.1 Å². The molecular formula is C29H49N3O3. The fourth-order valence-electron chi connectivity index (χ4n) is 4.47. The van der Waals surface area contributed by atoms with Crippen molar-refractivity contribution >= 4 is 17.5 Å². The molecule has 198 valence electrons. The smallest absolute Gasteiger partial charge is 0.254 e. The summed E-state index contributed by atoms with van der Waals surface area (Å²) in [6, 6.07) is 7.34. The summed E-state index contributed by atoms with van der Waals surface area (Å²) in [5.41, 5.74) is 1.51. The molecule has 6 nitrogen and oxygen atoms in total. The lowest BCUT2D eigenvalue weighted by Crippen LogP contribution is -2.40. The Morgan fingerprint density at radius 2 is 1.29 bits per heavy atom. The molecule has 2 amide bonds. The molecule has 1 aliphatic heterocycles. The molecule has 1 aliphatic rings.